The molecular formula is C18H11N3O2S. The van der Waals surface area contributed by atoms with Crippen molar-refractivity contribution >= 4 is 41.4 Å². The van der Waals surface area contributed by atoms with Crippen LogP contribution in [0, 0.1) is 0 Å². The largest absolute Gasteiger partial charge is 0.328 e. The van der Waals surface area contributed by atoms with Gasteiger partial charge in [0.25, 0.3) is 11.8 Å². The average Bonchev–Trinajstić information content (AvgIpc) is 3.10. The van der Waals surface area contributed by atoms with E-state index in [4.69, 9.17) is 12.2 Å². The van der Waals surface area contributed by atoms with Gasteiger partial charge in [-0.25, -0.2) is 4.99 Å². The molecule has 116 valence electrons. The van der Waals surface area contributed by atoms with Gasteiger partial charge >= 0.3 is 0 Å². The molecule has 2 heterocycles. The van der Waals surface area contributed by atoms with Crippen molar-refractivity contribution < 1.29 is 9.59 Å². The summed E-state index contributed by atoms with van der Waals surface area (Å²) in [4.78, 5) is 27.0. The molecule has 1 saturated heterocycles. The summed E-state index contributed by atoms with van der Waals surface area (Å²) in [6.45, 7) is 0. The van der Waals surface area contributed by atoms with Crippen LogP contribution in [-0.2, 0) is 4.79 Å². The van der Waals surface area contributed by atoms with Gasteiger partial charge < -0.3 is 5.32 Å². The third-order valence-electron chi connectivity index (χ3n) is 3.88. The molecule has 5 nitrogen and oxygen atoms in total. The molecule has 2 aromatic carbocycles. The molecule has 6 heteroatoms. The van der Waals surface area contributed by atoms with E-state index in [9.17, 15) is 9.59 Å². The first kappa shape index (κ1) is 14.5. The minimum Gasteiger partial charge on any atom is -0.328 e. The third-order valence-corrected chi connectivity index (χ3v) is 4.08. The average molecular weight is 333 g/mol. The molecule has 2 aromatic rings. The summed E-state index contributed by atoms with van der Waals surface area (Å²) < 4.78 is 0. The van der Waals surface area contributed by atoms with Gasteiger partial charge in [-0.3, -0.25) is 14.9 Å². The lowest BCUT2D eigenvalue weighted by Gasteiger charge is -2.05. The number of carbonyl (C=O) groups is 2. The molecule has 2 N–H and O–H groups in total. The first-order valence-corrected chi connectivity index (χ1v) is 7.68. The predicted molar refractivity (Wildman–Crippen MR) is 95.7 cm³/mol. The Morgan fingerprint density at radius 2 is 1.71 bits per heavy atom. The van der Waals surface area contributed by atoms with Crippen molar-refractivity contribution in [3.8, 4) is 11.1 Å². The number of thiocarbonyl (C=S) groups is 1. The van der Waals surface area contributed by atoms with Crippen LogP contribution in [0.4, 0.5) is 0 Å². The van der Waals surface area contributed by atoms with E-state index < -0.39 is 0 Å². The maximum atomic E-state index is 11.6. The van der Waals surface area contributed by atoms with Crippen LogP contribution in [-0.4, -0.2) is 23.1 Å². The number of nitrogens with zero attached hydrogens (tertiary/aromatic N) is 1. The molecule has 2 amide bonds. The van der Waals surface area contributed by atoms with E-state index >= 15 is 0 Å². The second-order valence-electron chi connectivity index (χ2n) is 5.45. The second kappa shape index (κ2) is 5.50. The lowest BCUT2D eigenvalue weighted by Crippen LogP contribution is -2.21. The van der Waals surface area contributed by atoms with E-state index in [2.05, 4.69) is 15.6 Å². The minimum atomic E-state index is -0.230. The molecule has 4 rings (SSSR count). The fraction of sp³-hybridized carbons (Fsp3) is 0. The van der Waals surface area contributed by atoms with Crippen LogP contribution < -0.4 is 10.6 Å². The first-order valence-electron chi connectivity index (χ1n) is 7.27. The molecule has 2 aliphatic heterocycles. The molecule has 0 bridgehead atoms. The number of benzene rings is 2. The molecule has 0 spiro atoms. The van der Waals surface area contributed by atoms with Gasteiger partial charge in [-0.2, -0.15) is 0 Å². The summed E-state index contributed by atoms with van der Waals surface area (Å²) in [6, 6.07) is 13.4. The van der Waals surface area contributed by atoms with E-state index in [0.717, 1.165) is 22.3 Å². The molecule has 0 unspecified atom stereocenters. The topological polar surface area (TPSA) is 70.6 Å². The summed E-state index contributed by atoms with van der Waals surface area (Å²) in [6.07, 6.45) is 3.33. The van der Waals surface area contributed by atoms with Crippen molar-refractivity contribution in [1.29, 1.82) is 0 Å². The van der Waals surface area contributed by atoms with Crippen molar-refractivity contribution in [2.24, 2.45) is 4.99 Å². The maximum absolute atomic E-state index is 11.6. The minimum absolute atomic E-state index is 0.196. The molecule has 0 atom stereocenters. The number of hydrogen-bond donors (Lipinski definition) is 2. The zero-order chi connectivity index (χ0) is 16.7. The standard InChI is InChI=1S/C18H11N3O2S/c22-16-14-6-5-12(8-13(14)9-19-16)11-3-1-10(2-4-11)7-15-17(23)21-18(24)20-15/h1-9H,(H2,20,21,23,24)/b15-7-. The zero-order valence-corrected chi connectivity index (χ0v) is 13.2. The van der Waals surface area contributed by atoms with Crippen LogP contribution in [0.1, 0.15) is 21.5 Å². The van der Waals surface area contributed by atoms with E-state index in [-0.39, 0.29) is 11.8 Å². The summed E-state index contributed by atoms with van der Waals surface area (Å²) in [5, 5.41) is 5.66. The number of carbonyl (C=O) groups excluding carboxylic acids is 2. The molecule has 0 aliphatic carbocycles. The molecule has 0 aromatic heterocycles. The summed E-state index contributed by atoms with van der Waals surface area (Å²) >= 11 is 4.90. The Morgan fingerprint density at radius 1 is 0.958 bits per heavy atom. The summed E-state index contributed by atoms with van der Waals surface area (Å²) in [7, 11) is 0. The second-order valence-corrected chi connectivity index (χ2v) is 5.86. The maximum Gasteiger partial charge on any atom is 0.277 e. The van der Waals surface area contributed by atoms with Crippen molar-refractivity contribution in [1.82, 2.24) is 10.6 Å². The first-order chi connectivity index (χ1) is 11.6. The number of aliphatic imine (C=N–C) groups is 1. The number of fused-ring (bicyclic) bond motifs is 1. The fourth-order valence-electron chi connectivity index (χ4n) is 2.66. The van der Waals surface area contributed by atoms with Gasteiger partial charge in [0.1, 0.15) is 5.70 Å². The summed E-state index contributed by atoms with van der Waals surface area (Å²) in [5.41, 5.74) is 4.82. The van der Waals surface area contributed by atoms with Crippen molar-refractivity contribution in [2.75, 3.05) is 0 Å². The quantitative estimate of drug-likeness (QED) is 0.653. The van der Waals surface area contributed by atoms with Crippen LogP contribution in [0.3, 0.4) is 0 Å². The molecule has 0 saturated carbocycles. The fourth-order valence-corrected chi connectivity index (χ4v) is 2.87. The van der Waals surface area contributed by atoms with Gasteiger partial charge in [0, 0.05) is 11.8 Å². The van der Waals surface area contributed by atoms with Crippen LogP contribution in [0.5, 0.6) is 0 Å². The zero-order valence-electron chi connectivity index (χ0n) is 12.4. The summed E-state index contributed by atoms with van der Waals surface area (Å²) in [5.74, 6) is -0.426. The van der Waals surface area contributed by atoms with Crippen LogP contribution >= 0.6 is 12.2 Å². The third kappa shape index (κ3) is 2.53. The number of amides is 2. The highest BCUT2D eigenvalue weighted by Gasteiger charge is 2.20. The molecular weight excluding hydrogens is 322 g/mol. The Hall–Kier alpha value is -3.12. The number of nitrogens with one attached hydrogen (secondary N) is 2. The highest BCUT2D eigenvalue weighted by Crippen LogP contribution is 2.25. The van der Waals surface area contributed by atoms with E-state index in [1.807, 2.05) is 36.4 Å². The van der Waals surface area contributed by atoms with Crippen molar-refractivity contribution in [3.63, 3.8) is 0 Å². The number of hydrogen-bond acceptors (Lipinski definition) is 3. The van der Waals surface area contributed by atoms with E-state index in [0.29, 0.717) is 16.4 Å². The SMILES string of the molecule is O=C1NC(=S)N/C1=C\c1ccc(-c2ccc3c(c2)C=NC3=O)cc1. The van der Waals surface area contributed by atoms with E-state index in [1.54, 1.807) is 18.4 Å². The van der Waals surface area contributed by atoms with E-state index in [1.165, 1.54) is 0 Å². The van der Waals surface area contributed by atoms with Crippen molar-refractivity contribution in [3.05, 3.63) is 64.9 Å². The number of rotatable bonds is 2. The van der Waals surface area contributed by atoms with Gasteiger partial charge in [0.2, 0.25) is 0 Å². The Morgan fingerprint density at radius 3 is 2.42 bits per heavy atom. The lowest BCUT2D eigenvalue weighted by atomic mass is 9.99. The molecule has 2 aliphatic rings. The van der Waals surface area contributed by atoms with Gasteiger partial charge in [-0.1, -0.05) is 30.3 Å². The molecule has 24 heavy (non-hydrogen) atoms. The van der Waals surface area contributed by atoms with Crippen LogP contribution in [0.25, 0.3) is 17.2 Å². The van der Waals surface area contributed by atoms with Crippen LogP contribution in [0.15, 0.2) is 53.2 Å². The van der Waals surface area contributed by atoms with Gasteiger partial charge in [-0.05, 0) is 47.1 Å². The van der Waals surface area contributed by atoms with Gasteiger partial charge in [0.05, 0.1) is 5.56 Å². The van der Waals surface area contributed by atoms with Crippen LogP contribution in [0.2, 0.25) is 0 Å². The smallest absolute Gasteiger partial charge is 0.277 e. The normalized spacial score (nSPS) is 17.2. The lowest BCUT2D eigenvalue weighted by molar-refractivity contribution is -0.115. The monoisotopic (exact) mass is 333 g/mol. The Labute approximate surface area is 143 Å². The highest BCUT2D eigenvalue weighted by atomic mass is 32.1. The molecule has 1 fully saturated rings. The Kier molecular flexibility index (Phi) is 3.32. The van der Waals surface area contributed by atoms with Gasteiger partial charge in [0.15, 0.2) is 5.11 Å². The molecule has 0 radical (unpaired) electrons. The Bertz CT molecular complexity index is 959. The Balaban J connectivity index is 1.62. The highest BCUT2D eigenvalue weighted by molar-refractivity contribution is 7.80. The van der Waals surface area contributed by atoms with Gasteiger partial charge in [-0.15, -0.1) is 0 Å². The van der Waals surface area contributed by atoms with Crippen molar-refractivity contribution in [2.45, 2.75) is 0 Å². The predicted octanol–water partition coefficient (Wildman–Crippen LogP) is 2.27.